The number of hydrogen-bond donors (Lipinski definition) is 0. The molecule has 74 valence electrons. The molecule has 1 heteroatoms. The molecule has 2 atom stereocenters. The minimum Gasteiger partial charge on any atom is -0.291 e. The zero-order chi connectivity index (χ0) is 9.42. The number of nitrogens with zero attached hydrogens (tertiary/aromatic N) is 1. The van der Waals surface area contributed by atoms with E-state index in [-0.39, 0.29) is 0 Å². The number of hydrogen-bond acceptors (Lipinski definition) is 1. The molecule has 2 unspecified atom stereocenters. The van der Waals surface area contributed by atoms with Crippen LogP contribution in [0.2, 0.25) is 0 Å². The molecule has 0 aliphatic carbocycles. The van der Waals surface area contributed by atoms with Gasteiger partial charge in [-0.2, -0.15) is 0 Å². The summed E-state index contributed by atoms with van der Waals surface area (Å²) >= 11 is 0. The van der Waals surface area contributed by atoms with Crippen molar-refractivity contribution in [3.63, 3.8) is 0 Å². The minimum atomic E-state index is 0.729. The van der Waals surface area contributed by atoms with E-state index in [0.717, 1.165) is 18.1 Å². The Bertz CT molecular complexity index is 217. The van der Waals surface area contributed by atoms with Gasteiger partial charge in [0.25, 0.3) is 0 Å². The molecule has 0 spiro atoms. The summed E-state index contributed by atoms with van der Waals surface area (Å²) in [6.07, 6.45) is 7.95. The van der Waals surface area contributed by atoms with Crippen molar-refractivity contribution in [2.75, 3.05) is 0 Å². The normalized spacial score (nSPS) is 34.0. The first kappa shape index (κ1) is 9.26. The number of rotatable bonds is 2. The lowest BCUT2D eigenvalue weighted by Gasteiger charge is -2.36. The summed E-state index contributed by atoms with van der Waals surface area (Å²) in [5, 5.41) is 0. The third-order valence-electron chi connectivity index (χ3n) is 3.58. The maximum Gasteiger partial charge on any atom is 0.0287 e. The predicted octanol–water partition coefficient (Wildman–Crippen LogP) is 2.97. The van der Waals surface area contributed by atoms with Crippen molar-refractivity contribution in [1.82, 2.24) is 4.90 Å². The zero-order valence-electron chi connectivity index (χ0n) is 9.09. The fourth-order valence-electron chi connectivity index (χ4n) is 3.02. The van der Waals surface area contributed by atoms with Crippen LogP contribution in [0.1, 0.15) is 46.5 Å². The molecule has 0 aromatic carbocycles. The molecular formula is C12H21N. The summed E-state index contributed by atoms with van der Waals surface area (Å²) in [6.45, 7) is 6.95. The highest BCUT2D eigenvalue weighted by atomic mass is 15.2. The second-order valence-corrected chi connectivity index (χ2v) is 4.72. The van der Waals surface area contributed by atoms with Crippen LogP contribution in [0.15, 0.2) is 11.6 Å². The molecule has 2 aliphatic heterocycles. The van der Waals surface area contributed by atoms with Crippen LogP contribution in [0.25, 0.3) is 0 Å². The van der Waals surface area contributed by atoms with Gasteiger partial charge in [-0.25, -0.2) is 0 Å². The molecule has 0 amide bonds. The predicted molar refractivity (Wildman–Crippen MR) is 56.8 cm³/mol. The van der Waals surface area contributed by atoms with Crippen molar-refractivity contribution in [3.05, 3.63) is 11.6 Å². The van der Waals surface area contributed by atoms with Crippen molar-refractivity contribution in [1.29, 1.82) is 0 Å². The summed E-state index contributed by atoms with van der Waals surface area (Å²) in [4.78, 5) is 2.71. The highest BCUT2D eigenvalue weighted by Crippen LogP contribution is 2.36. The average molecular weight is 179 g/mol. The van der Waals surface area contributed by atoms with Gasteiger partial charge in [-0.05, 0) is 39.5 Å². The third kappa shape index (κ3) is 1.54. The van der Waals surface area contributed by atoms with E-state index in [1.807, 2.05) is 0 Å². The molecular weight excluding hydrogens is 158 g/mol. The van der Waals surface area contributed by atoms with Gasteiger partial charge in [-0.15, -0.1) is 0 Å². The van der Waals surface area contributed by atoms with E-state index in [1.165, 1.54) is 25.7 Å². The topological polar surface area (TPSA) is 3.24 Å². The van der Waals surface area contributed by atoms with Gasteiger partial charge in [0.15, 0.2) is 0 Å². The quantitative estimate of drug-likeness (QED) is 0.589. The summed E-state index contributed by atoms with van der Waals surface area (Å²) in [5.41, 5.74) is 1.70. The molecule has 2 rings (SSSR count). The minimum absolute atomic E-state index is 0.729. The Morgan fingerprint density at radius 2 is 2.23 bits per heavy atom. The second-order valence-electron chi connectivity index (χ2n) is 4.72. The van der Waals surface area contributed by atoms with Gasteiger partial charge in [0.1, 0.15) is 0 Å². The fourth-order valence-corrected chi connectivity index (χ4v) is 3.02. The summed E-state index contributed by atoms with van der Waals surface area (Å²) in [6, 6.07) is 2.37. The molecule has 0 saturated carbocycles. The van der Waals surface area contributed by atoms with Crippen LogP contribution in [0.4, 0.5) is 0 Å². The standard InChI is InChI=1S/C12H21N/c1-4-10-7-11-5-6-12(8-10)13(11)9(2)3/h7,9,11-12H,4-6,8H2,1-3H3. The molecule has 0 N–H and O–H groups in total. The van der Waals surface area contributed by atoms with E-state index >= 15 is 0 Å². The average Bonchev–Trinajstić information content (AvgIpc) is 2.37. The Labute approximate surface area is 81.8 Å². The lowest BCUT2D eigenvalue weighted by molar-refractivity contribution is 0.159. The maximum absolute atomic E-state index is 2.71. The molecule has 1 saturated heterocycles. The molecule has 2 aliphatic rings. The van der Waals surface area contributed by atoms with Gasteiger partial charge in [0.2, 0.25) is 0 Å². The van der Waals surface area contributed by atoms with Crippen molar-refractivity contribution in [3.8, 4) is 0 Å². The van der Waals surface area contributed by atoms with Crippen LogP contribution in [-0.2, 0) is 0 Å². The van der Waals surface area contributed by atoms with Gasteiger partial charge in [-0.3, -0.25) is 4.90 Å². The smallest absolute Gasteiger partial charge is 0.0287 e. The van der Waals surface area contributed by atoms with Crippen LogP contribution >= 0.6 is 0 Å². The highest BCUT2D eigenvalue weighted by Gasteiger charge is 2.36. The molecule has 13 heavy (non-hydrogen) atoms. The fraction of sp³-hybridized carbons (Fsp3) is 0.833. The van der Waals surface area contributed by atoms with Crippen molar-refractivity contribution >= 4 is 0 Å². The second kappa shape index (κ2) is 3.45. The number of fused-ring (bicyclic) bond motifs is 2. The summed E-state index contributed by atoms with van der Waals surface area (Å²) in [5.74, 6) is 0. The molecule has 1 fully saturated rings. The summed E-state index contributed by atoms with van der Waals surface area (Å²) < 4.78 is 0. The van der Waals surface area contributed by atoms with Gasteiger partial charge < -0.3 is 0 Å². The van der Waals surface area contributed by atoms with Crippen LogP contribution in [0.3, 0.4) is 0 Å². The van der Waals surface area contributed by atoms with Crippen molar-refractivity contribution in [2.24, 2.45) is 0 Å². The van der Waals surface area contributed by atoms with Crippen LogP contribution in [-0.4, -0.2) is 23.0 Å². The molecule has 0 aromatic rings. The van der Waals surface area contributed by atoms with E-state index in [4.69, 9.17) is 0 Å². The molecule has 1 nitrogen and oxygen atoms in total. The Balaban J connectivity index is 2.16. The van der Waals surface area contributed by atoms with Gasteiger partial charge >= 0.3 is 0 Å². The Kier molecular flexibility index (Phi) is 2.46. The molecule has 2 bridgehead atoms. The third-order valence-corrected chi connectivity index (χ3v) is 3.58. The van der Waals surface area contributed by atoms with E-state index in [2.05, 4.69) is 31.7 Å². The lowest BCUT2D eigenvalue weighted by atomic mass is 9.98. The van der Waals surface area contributed by atoms with Crippen molar-refractivity contribution < 1.29 is 0 Å². The van der Waals surface area contributed by atoms with Gasteiger partial charge in [-0.1, -0.05) is 18.6 Å². The van der Waals surface area contributed by atoms with Gasteiger partial charge in [0, 0.05) is 18.1 Å². The van der Waals surface area contributed by atoms with Crippen LogP contribution in [0.5, 0.6) is 0 Å². The van der Waals surface area contributed by atoms with Crippen LogP contribution < -0.4 is 0 Å². The van der Waals surface area contributed by atoms with Gasteiger partial charge in [0.05, 0.1) is 0 Å². The highest BCUT2D eigenvalue weighted by molar-refractivity contribution is 5.17. The Morgan fingerprint density at radius 1 is 1.46 bits per heavy atom. The van der Waals surface area contributed by atoms with Crippen LogP contribution in [0, 0.1) is 0 Å². The Morgan fingerprint density at radius 3 is 2.77 bits per heavy atom. The zero-order valence-corrected chi connectivity index (χ0v) is 9.09. The largest absolute Gasteiger partial charge is 0.291 e. The first-order valence-electron chi connectivity index (χ1n) is 5.69. The van der Waals surface area contributed by atoms with E-state index in [0.29, 0.717) is 0 Å². The first-order chi connectivity index (χ1) is 6.22. The van der Waals surface area contributed by atoms with E-state index in [9.17, 15) is 0 Å². The van der Waals surface area contributed by atoms with Crippen molar-refractivity contribution in [2.45, 2.75) is 64.6 Å². The Hall–Kier alpha value is -0.300. The molecule has 0 radical (unpaired) electrons. The maximum atomic E-state index is 2.71. The van der Waals surface area contributed by atoms with E-state index < -0.39 is 0 Å². The SMILES string of the molecule is CCC1=CC2CCC(C1)N2C(C)C. The lowest BCUT2D eigenvalue weighted by Crippen LogP contribution is -2.43. The first-order valence-corrected chi connectivity index (χ1v) is 5.69. The molecule has 0 aromatic heterocycles. The molecule has 2 heterocycles. The monoisotopic (exact) mass is 179 g/mol. The van der Waals surface area contributed by atoms with E-state index in [1.54, 1.807) is 5.57 Å². The summed E-state index contributed by atoms with van der Waals surface area (Å²) in [7, 11) is 0.